The average Bonchev–Trinajstić information content (AvgIpc) is 3.10. The van der Waals surface area contributed by atoms with Crippen LogP contribution in [-0.4, -0.2) is 27.7 Å². The minimum Gasteiger partial charge on any atom is -0.496 e. The van der Waals surface area contributed by atoms with E-state index in [4.69, 9.17) is 15.0 Å². The van der Waals surface area contributed by atoms with Gasteiger partial charge in [-0.25, -0.2) is 0 Å². The topological polar surface area (TPSA) is 113 Å². The van der Waals surface area contributed by atoms with Gasteiger partial charge in [-0.3, -0.25) is 14.2 Å². The molecule has 0 unspecified atom stereocenters. The van der Waals surface area contributed by atoms with Crippen LogP contribution in [0.4, 0.5) is 13.2 Å². The number of hydrogen-bond acceptors (Lipinski definition) is 6. The summed E-state index contributed by atoms with van der Waals surface area (Å²) >= 11 is 0. The van der Waals surface area contributed by atoms with Crippen molar-refractivity contribution in [2.45, 2.75) is 12.7 Å². The van der Waals surface area contributed by atoms with Crippen LogP contribution in [0.25, 0.3) is 11.4 Å². The fraction of sp³-hybridized carbons (Fsp3) is 0.176. The van der Waals surface area contributed by atoms with Gasteiger partial charge < -0.3 is 15.0 Å². The Labute approximate surface area is 155 Å². The van der Waals surface area contributed by atoms with Gasteiger partial charge in [0, 0.05) is 0 Å². The van der Waals surface area contributed by atoms with E-state index in [2.05, 4.69) is 10.1 Å². The van der Waals surface area contributed by atoms with Crippen LogP contribution in [0.3, 0.4) is 0 Å². The van der Waals surface area contributed by atoms with E-state index in [-0.39, 0.29) is 11.7 Å². The number of alkyl halides is 3. The number of halogens is 3. The zero-order valence-corrected chi connectivity index (χ0v) is 14.4. The largest absolute Gasteiger partial charge is 0.496 e. The summed E-state index contributed by atoms with van der Waals surface area (Å²) in [5, 5.41) is 3.72. The molecule has 0 aliphatic heterocycles. The minimum absolute atomic E-state index is 0.0695. The number of nitrogens with zero attached hydrogens (tertiary/aromatic N) is 3. The van der Waals surface area contributed by atoms with Crippen LogP contribution in [-0.2, 0) is 12.7 Å². The van der Waals surface area contributed by atoms with Crippen LogP contribution >= 0.6 is 0 Å². The van der Waals surface area contributed by atoms with Crippen molar-refractivity contribution < 1.29 is 27.2 Å². The van der Waals surface area contributed by atoms with Gasteiger partial charge in [-0.15, -0.1) is 0 Å². The van der Waals surface area contributed by atoms with Crippen molar-refractivity contribution in [3.8, 4) is 17.1 Å². The van der Waals surface area contributed by atoms with Crippen molar-refractivity contribution in [1.82, 2.24) is 14.7 Å². The summed E-state index contributed by atoms with van der Waals surface area (Å²) in [6, 6.07) is 8.02. The molecule has 3 aromatic rings. The fourth-order valence-corrected chi connectivity index (χ4v) is 2.56. The molecule has 2 N–H and O–H groups in total. The van der Waals surface area contributed by atoms with Gasteiger partial charge in [0.1, 0.15) is 23.6 Å². The molecule has 1 amide bonds. The van der Waals surface area contributed by atoms with Gasteiger partial charge in [0.15, 0.2) is 0 Å². The zero-order valence-electron chi connectivity index (χ0n) is 14.4. The number of pyridine rings is 1. The van der Waals surface area contributed by atoms with Crippen LogP contribution in [0.15, 0.2) is 45.7 Å². The Bertz CT molecular complexity index is 1090. The molecular weight excluding hydrogens is 381 g/mol. The molecule has 0 fully saturated rings. The standard InChI is InChI=1S/C17H13F3N4O4/c1-27-11-5-3-2-4-9(11)15-22-13(28-23-15)8-24-12(17(18,19)20)7-6-10(14(21)25)16(24)26/h2-7H,8H2,1H3,(H2,21,25). The number of nitrogens with two attached hydrogens (primary N) is 1. The van der Waals surface area contributed by atoms with Gasteiger partial charge in [0.25, 0.3) is 11.5 Å². The van der Waals surface area contributed by atoms with Crippen LogP contribution in [0.2, 0.25) is 0 Å². The molecule has 2 heterocycles. The first-order chi connectivity index (χ1) is 13.2. The van der Waals surface area contributed by atoms with Crippen LogP contribution in [0.5, 0.6) is 5.75 Å². The van der Waals surface area contributed by atoms with E-state index in [1.54, 1.807) is 24.3 Å². The summed E-state index contributed by atoms with van der Waals surface area (Å²) in [5.74, 6) is -0.915. The Morgan fingerprint density at radius 3 is 2.61 bits per heavy atom. The lowest BCUT2D eigenvalue weighted by atomic mass is 10.2. The maximum atomic E-state index is 13.3. The summed E-state index contributed by atoms with van der Waals surface area (Å²) in [6.45, 7) is -0.697. The molecule has 0 aliphatic carbocycles. The molecule has 0 saturated heterocycles. The number of methoxy groups -OCH3 is 1. The van der Waals surface area contributed by atoms with Gasteiger partial charge in [0.2, 0.25) is 11.7 Å². The molecule has 0 bridgehead atoms. The summed E-state index contributed by atoms with van der Waals surface area (Å²) in [5.41, 5.74) is 2.43. The molecule has 1 aromatic carbocycles. The second-order valence-electron chi connectivity index (χ2n) is 5.60. The third kappa shape index (κ3) is 3.59. The smallest absolute Gasteiger partial charge is 0.431 e. The van der Waals surface area contributed by atoms with Crippen molar-refractivity contribution in [2.75, 3.05) is 7.11 Å². The molecule has 146 valence electrons. The van der Waals surface area contributed by atoms with Crippen LogP contribution in [0.1, 0.15) is 21.9 Å². The Hall–Kier alpha value is -3.63. The zero-order chi connectivity index (χ0) is 20.5. The number of benzene rings is 1. The maximum Gasteiger partial charge on any atom is 0.431 e. The van der Waals surface area contributed by atoms with Gasteiger partial charge in [-0.1, -0.05) is 17.3 Å². The van der Waals surface area contributed by atoms with E-state index in [1.807, 2.05) is 0 Å². The number of aromatic nitrogens is 3. The number of carbonyl (C=O) groups excluding carboxylic acids is 1. The van der Waals surface area contributed by atoms with E-state index >= 15 is 0 Å². The molecule has 8 nitrogen and oxygen atoms in total. The van der Waals surface area contributed by atoms with Crippen molar-refractivity contribution in [2.24, 2.45) is 5.73 Å². The number of rotatable bonds is 5. The molecule has 28 heavy (non-hydrogen) atoms. The average molecular weight is 394 g/mol. The van der Waals surface area contributed by atoms with Gasteiger partial charge in [-0.2, -0.15) is 18.2 Å². The second-order valence-corrected chi connectivity index (χ2v) is 5.60. The molecule has 3 rings (SSSR count). The van der Waals surface area contributed by atoms with Crippen molar-refractivity contribution in [3.05, 3.63) is 63.9 Å². The highest BCUT2D eigenvalue weighted by Crippen LogP contribution is 2.30. The number of ether oxygens (including phenoxy) is 1. The van der Waals surface area contributed by atoms with Crippen LogP contribution in [0, 0.1) is 0 Å². The lowest BCUT2D eigenvalue weighted by molar-refractivity contribution is -0.144. The van der Waals surface area contributed by atoms with Crippen molar-refractivity contribution in [1.29, 1.82) is 0 Å². The third-order valence-corrected chi connectivity index (χ3v) is 3.84. The minimum atomic E-state index is -4.85. The predicted octanol–water partition coefficient (Wildman–Crippen LogP) is 2.07. The molecule has 0 saturated carbocycles. The Morgan fingerprint density at radius 1 is 1.25 bits per heavy atom. The molecule has 11 heteroatoms. The second kappa shape index (κ2) is 7.18. The first-order valence-corrected chi connectivity index (χ1v) is 7.79. The molecule has 0 aliphatic rings. The first kappa shape index (κ1) is 19.1. The highest BCUT2D eigenvalue weighted by molar-refractivity contribution is 5.92. The Kier molecular flexibility index (Phi) is 4.91. The lowest BCUT2D eigenvalue weighted by Crippen LogP contribution is -2.34. The monoisotopic (exact) mass is 394 g/mol. The Balaban J connectivity index is 2.05. The quantitative estimate of drug-likeness (QED) is 0.709. The van der Waals surface area contributed by atoms with Crippen molar-refractivity contribution >= 4 is 5.91 Å². The first-order valence-electron chi connectivity index (χ1n) is 7.79. The fourth-order valence-electron chi connectivity index (χ4n) is 2.56. The summed E-state index contributed by atoms with van der Waals surface area (Å²) in [7, 11) is 1.43. The number of para-hydroxylation sites is 1. The predicted molar refractivity (Wildman–Crippen MR) is 89.6 cm³/mol. The van der Waals surface area contributed by atoms with E-state index in [1.165, 1.54) is 7.11 Å². The summed E-state index contributed by atoms with van der Waals surface area (Å²) < 4.78 is 50.3. The SMILES string of the molecule is COc1ccccc1-c1noc(Cn2c(C(F)(F)F)ccc(C(N)=O)c2=O)n1. The highest BCUT2D eigenvalue weighted by atomic mass is 19.4. The molecule has 2 aromatic heterocycles. The Morgan fingerprint density at radius 2 is 1.96 bits per heavy atom. The van der Waals surface area contributed by atoms with Gasteiger partial charge in [0.05, 0.1) is 12.7 Å². The summed E-state index contributed by atoms with van der Waals surface area (Å²) in [6.07, 6.45) is -4.85. The summed E-state index contributed by atoms with van der Waals surface area (Å²) in [4.78, 5) is 27.6. The van der Waals surface area contributed by atoms with Crippen LogP contribution < -0.4 is 16.0 Å². The van der Waals surface area contributed by atoms with E-state index in [0.29, 0.717) is 21.9 Å². The molecule has 0 atom stereocenters. The van der Waals surface area contributed by atoms with E-state index < -0.39 is 35.4 Å². The number of primary amides is 1. The van der Waals surface area contributed by atoms with E-state index in [0.717, 1.165) is 6.07 Å². The number of amides is 1. The lowest BCUT2D eigenvalue weighted by Gasteiger charge is -2.14. The molecular formula is C17H13F3N4O4. The highest BCUT2D eigenvalue weighted by Gasteiger charge is 2.35. The normalized spacial score (nSPS) is 11.4. The van der Waals surface area contributed by atoms with Gasteiger partial charge >= 0.3 is 6.18 Å². The number of carbonyl (C=O) groups is 1. The molecule has 0 radical (unpaired) electrons. The van der Waals surface area contributed by atoms with E-state index in [9.17, 15) is 22.8 Å². The molecule has 0 spiro atoms. The number of hydrogen-bond donors (Lipinski definition) is 1. The maximum absolute atomic E-state index is 13.3. The van der Waals surface area contributed by atoms with Gasteiger partial charge in [-0.05, 0) is 24.3 Å². The van der Waals surface area contributed by atoms with Crippen molar-refractivity contribution in [3.63, 3.8) is 0 Å². The third-order valence-electron chi connectivity index (χ3n) is 3.84.